The molecule has 0 N–H and O–H groups in total. The van der Waals surface area contributed by atoms with Crippen LogP contribution in [0.4, 0.5) is 13.2 Å². The zero-order valence-corrected chi connectivity index (χ0v) is 17.7. The number of sulfonamides is 1. The third-order valence-electron chi connectivity index (χ3n) is 5.65. The van der Waals surface area contributed by atoms with Crippen LogP contribution in [0.15, 0.2) is 24.3 Å². The molecular formula is C20H28F3N3O3S. The topological polar surface area (TPSA) is 60.9 Å². The third kappa shape index (κ3) is 6.18. The molecular weight excluding hydrogens is 419 g/mol. The van der Waals surface area contributed by atoms with Gasteiger partial charge in [0.05, 0.1) is 17.9 Å². The number of piperazine rings is 1. The Labute approximate surface area is 175 Å². The fourth-order valence-electron chi connectivity index (χ4n) is 3.92. The van der Waals surface area contributed by atoms with Gasteiger partial charge >= 0.3 is 6.18 Å². The van der Waals surface area contributed by atoms with Gasteiger partial charge in [0.25, 0.3) is 0 Å². The van der Waals surface area contributed by atoms with Gasteiger partial charge in [-0.15, -0.1) is 0 Å². The Morgan fingerprint density at radius 3 is 2.17 bits per heavy atom. The number of alkyl halides is 3. The second-order valence-electron chi connectivity index (χ2n) is 7.92. The average Bonchev–Trinajstić information content (AvgIpc) is 2.97. The van der Waals surface area contributed by atoms with E-state index in [0.717, 1.165) is 50.9 Å². The minimum atomic E-state index is -4.51. The van der Waals surface area contributed by atoms with Crippen LogP contribution in [0.25, 0.3) is 0 Å². The van der Waals surface area contributed by atoms with Crippen molar-refractivity contribution < 1.29 is 26.4 Å². The molecule has 0 radical (unpaired) electrons. The van der Waals surface area contributed by atoms with Crippen LogP contribution in [0.2, 0.25) is 0 Å². The highest BCUT2D eigenvalue weighted by atomic mass is 32.2. The fraction of sp³-hybridized carbons (Fsp3) is 0.650. The van der Waals surface area contributed by atoms with Crippen molar-refractivity contribution in [3.8, 4) is 0 Å². The van der Waals surface area contributed by atoms with Gasteiger partial charge in [-0.1, -0.05) is 31.0 Å². The van der Waals surface area contributed by atoms with E-state index in [2.05, 4.69) is 0 Å². The SMILES string of the molecule is O=C(CN1CCN(S(=O)(=O)Cc2cccc(C(F)(F)F)c2)CC1)N1CCCCCC1. The van der Waals surface area contributed by atoms with Crippen LogP contribution in [0.5, 0.6) is 0 Å². The second-order valence-corrected chi connectivity index (χ2v) is 9.89. The number of likely N-dealkylation sites (tertiary alicyclic amines) is 1. The first kappa shape index (κ1) is 23.0. The molecule has 0 bridgehead atoms. The maximum atomic E-state index is 12.9. The first-order valence-corrected chi connectivity index (χ1v) is 11.9. The van der Waals surface area contributed by atoms with E-state index in [1.807, 2.05) is 9.80 Å². The molecule has 1 aromatic carbocycles. The summed E-state index contributed by atoms with van der Waals surface area (Å²) in [5.74, 6) is -0.388. The molecule has 6 nitrogen and oxygen atoms in total. The molecule has 0 spiro atoms. The lowest BCUT2D eigenvalue weighted by atomic mass is 10.1. The summed E-state index contributed by atoms with van der Waals surface area (Å²) in [5, 5.41) is 0. The number of amides is 1. The average molecular weight is 448 g/mol. The van der Waals surface area contributed by atoms with E-state index in [1.54, 1.807) is 0 Å². The number of nitrogens with zero attached hydrogens (tertiary/aromatic N) is 3. The highest BCUT2D eigenvalue weighted by molar-refractivity contribution is 7.88. The predicted molar refractivity (Wildman–Crippen MR) is 107 cm³/mol. The van der Waals surface area contributed by atoms with Gasteiger partial charge in [0, 0.05) is 39.3 Å². The molecule has 168 valence electrons. The molecule has 2 heterocycles. The molecule has 30 heavy (non-hydrogen) atoms. The van der Waals surface area contributed by atoms with E-state index >= 15 is 0 Å². The molecule has 0 saturated carbocycles. The zero-order chi connectivity index (χ0) is 21.8. The maximum Gasteiger partial charge on any atom is 0.416 e. The fourth-order valence-corrected chi connectivity index (χ4v) is 5.42. The Balaban J connectivity index is 1.53. The van der Waals surface area contributed by atoms with E-state index < -0.39 is 27.5 Å². The van der Waals surface area contributed by atoms with Crippen molar-refractivity contribution in [1.29, 1.82) is 0 Å². The van der Waals surface area contributed by atoms with Crippen LogP contribution in [0.3, 0.4) is 0 Å². The first-order chi connectivity index (χ1) is 14.1. The van der Waals surface area contributed by atoms with Crippen LogP contribution in [-0.4, -0.2) is 74.2 Å². The van der Waals surface area contributed by atoms with E-state index in [0.29, 0.717) is 13.1 Å². The minimum Gasteiger partial charge on any atom is -0.342 e. The summed E-state index contributed by atoms with van der Waals surface area (Å²) in [6, 6.07) is 4.42. The number of rotatable bonds is 5. The minimum absolute atomic E-state index is 0.0807. The number of hydrogen-bond acceptors (Lipinski definition) is 4. The summed E-state index contributed by atoms with van der Waals surface area (Å²) in [4.78, 5) is 16.4. The summed E-state index contributed by atoms with van der Waals surface area (Å²) in [6.45, 7) is 3.17. The van der Waals surface area contributed by atoms with Crippen LogP contribution in [0.1, 0.15) is 36.8 Å². The van der Waals surface area contributed by atoms with Crippen LogP contribution in [0, 0.1) is 0 Å². The van der Waals surface area contributed by atoms with E-state index in [-0.39, 0.29) is 31.1 Å². The lowest BCUT2D eigenvalue weighted by Crippen LogP contribution is -2.51. The summed E-state index contributed by atoms with van der Waals surface area (Å²) in [5.41, 5.74) is -0.740. The van der Waals surface area contributed by atoms with Crippen LogP contribution < -0.4 is 0 Å². The van der Waals surface area contributed by atoms with Gasteiger partial charge in [-0.3, -0.25) is 9.69 Å². The highest BCUT2D eigenvalue weighted by Gasteiger charge is 2.32. The Hall–Kier alpha value is -1.65. The molecule has 1 aromatic rings. The van der Waals surface area contributed by atoms with Crippen molar-refractivity contribution in [1.82, 2.24) is 14.1 Å². The number of carbonyl (C=O) groups excluding carboxylic acids is 1. The van der Waals surface area contributed by atoms with Crippen molar-refractivity contribution in [2.75, 3.05) is 45.8 Å². The molecule has 0 aliphatic carbocycles. The van der Waals surface area contributed by atoms with E-state index in [4.69, 9.17) is 0 Å². The molecule has 2 saturated heterocycles. The first-order valence-electron chi connectivity index (χ1n) is 10.3. The standard InChI is InChI=1S/C20H28F3N3O3S/c21-20(22,23)18-7-5-6-17(14-18)16-30(28,29)26-12-10-24(11-13-26)15-19(27)25-8-3-1-2-4-9-25/h5-7,14H,1-4,8-13,15-16H2. The van der Waals surface area contributed by atoms with E-state index in [9.17, 15) is 26.4 Å². The second kappa shape index (κ2) is 9.65. The third-order valence-corrected chi connectivity index (χ3v) is 7.50. The maximum absolute atomic E-state index is 12.9. The van der Waals surface area contributed by atoms with Crippen molar-refractivity contribution >= 4 is 15.9 Å². The lowest BCUT2D eigenvalue weighted by Gasteiger charge is -2.34. The Morgan fingerprint density at radius 1 is 0.933 bits per heavy atom. The van der Waals surface area contributed by atoms with Gasteiger partial charge in [-0.2, -0.15) is 17.5 Å². The zero-order valence-electron chi connectivity index (χ0n) is 16.9. The lowest BCUT2D eigenvalue weighted by molar-refractivity contribution is -0.137. The largest absolute Gasteiger partial charge is 0.416 e. The van der Waals surface area contributed by atoms with Crippen molar-refractivity contribution in [2.45, 2.75) is 37.6 Å². The summed E-state index contributed by atoms with van der Waals surface area (Å²) >= 11 is 0. The van der Waals surface area contributed by atoms with Gasteiger partial charge in [-0.25, -0.2) is 8.42 Å². The normalized spacial score (nSPS) is 20.2. The summed E-state index contributed by atoms with van der Waals surface area (Å²) in [6.07, 6.45) is -0.176. The Kier molecular flexibility index (Phi) is 7.41. The Bertz CT molecular complexity index is 829. The monoisotopic (exact) mass is 447 g/mol. The molecule has 2 aliphatic heterocycles. The number of carbonyl (C=O) groups is 1. The van der Waals surface area contributed by atoms with Crippen LogP contribution in [-0.2, 0) is 26.7 Å². The predicted octanol–water partition coefficient (Wildman–Crippen LogP) is 2.56. The summed E-state index contributed by atoms with van der Waals surface area (Å²) in [7, 11) is -3.73. The van der Waals surface area contributed by atoms with Gasteiger partial charge in [-0.05, 0) is 24.5 Å². The molecule has 2 aliphatic rings. The quantitative estimate of drug-likeness (QED) is 0.696. The molecule has 0 unspecified atom stereocenters. The number of hydrogen-bond donors (Lipinski definition) is 0. The van der Waals surface area contributed by atoms with E-state index in [1.165, 1.54) is 16.4 Å². The number of halogens is 3. The summed E-state index contributed by atoms with van der Waals surface area (Å²) < 4.78 is 65.3. The van der Waals surface area contributed by atoms with Crippen molar-refractivity contribution in [3.05, 3.63) is 35.4 Å². The molecule has 2 fully saturated rings. The highest BCUT2D eigenvalue weighted by Crippen LogP contribution is 2.30. The Morgan fingerprint density at radius 2 is 1.57 bits per heavy atom. The molecule has 3 rings (SSSR count). The smallest absolute Gasteiger partial charge is 0.342 e. The van der Waals surface area contributed by atoms with Crippen LogP contribution >= 0.6 is 0 Å². The van der Waals surface area contributed by atoms with Gasteiger partial charge < -0.3 is 4.90 Å². The van der Waals surface area contributed by atoms with Gasteiger partial charge in [0.1, 0.15) is 0 Å². The van der Waals surface area contributed by atoms with Crippen molar-refractivity contribution in [2.24, 2.45) is 0 Å². The van der Waals surface area contributed by atoms with Gasteiger partial charge in [0.15, 0.2) is 0 Å². The molecule has 10 heteroatoms. The molecule has 1 amide bonds. The molecule has 0 atom stereocenters. The molecule has 0 aromatic heterocycles. The number of benzene rings is 1. The van der Waals surface area contributed by atoms with Crippen molar-refractivity contribution in [3.63, 3.8) is 0 Å². The van der Waals surface area contributed by atoms with Gasteiger partial charge in [0.2, 0.25) is 15.9 Å².